The minimum atomic E-state index is 0.0192. The highest BCUT2D eigenvalue weighted by Gasteiger charge is 2.08. The second-order valence-electron chi connectivity index (χ2n) is 3.03. The van der Waals surface area contributed by atoms with Crippen LogP contribution in [0.5, 0.6) is 0 Å². The maximum absolute atomic E-state index is 11.2. The standard InChI is InChI=1S/C9H20N2O2/c1-3-4-8(7-10)11-9(12)5-6-13-2/h8H,3-7,10H2,1-2H3,(H,11,12). The fourth-order valence-electron chi connectivity index (χ4n) is 1.09. The molecule has 3 N–H and O–H groups in total. The van der Waals surface area contributed by atoms with Crippen molar-refractivity contribution in [3.05, 3.63) is 0 Å². The summed E-state index contributed by atoms with van der Waals surface area (Å²) in [5.74, 6) is 0.0192. The number of nitrogens with one attached hydrogen (secondary N) is 1. The molecule has 0 heterocycles. The third-order valence-electron chi connectivity index (χ3n) is 1.82. The predicted molar refractivity (Wildman–Crippen MR) is 52.4 cm³/mol. The summed E-state index contributed by atoms with van der Waals surface area (Å²) in [6.07, 6.45) is 2.39. The van der Waals surface area contributed by atoms with Gasteiger partial charge in [-0.2, -0.15) is 0 Å². The van der Waals surface area contributed by atoms with Crippen LogP contribution in [0.1, 0.15) is 26.2 Å². The average Bonchev–Trinajstić information content (AvgIpc) is 2.14. The molecular weight excluding hydrogens is 168 g/mol. The van der Waals surface area contributed by atoms with Gasteiger partial charge in [0.15, 0.2) is 0 Å². The van der Waals surface area contributed by atoms with Crippen molar-refractivity contribution in [1.29, 1.82) is 0 Å². The number of ether oxygens (including phenoxy) is 1. The van der Waals surface area contributed by atoms with Gasteiger partial charge in [0.25, 0.3) is 0 Å². The number of nitrogens with two attached hydrogens (primary N) is 1. The van der Waals surface area contributed by atoms with Crippen molar-refractivity contribution in [1.82, 2.24) is 5.32 Å². The molecular formula is C9H20N2O2. The van der Waals surface area contributed by atoms with Crippen molar-refractivity contribution < 1.29 is 9.53 Å². The number of amides is 1. The molecule has 0 rings (SSSR count). The Kier molecular flexibility index (Phi) is 7.63. The number of hydrogen-bond acceptors (Lipinski definition) is 3. The second kappa shape index (κ2) is 8.01. The Morgan fingerprint density at radius 2 is 2.31 bits per heavy atom. The Hall–Kier alpha value is -0.610. The van der Waals surface area contributed by atoms with Crippen LogP contribution in [-0.2, 0) is 9.53 Å². The first-order chi connectivity index (χ1) is 6.24. The minimum Gasteiger partial charge on any atom is -0.384 e. The Morgan fingerprint density at radius 3 is 2.77 bits per heavy atom. The molecule has 0 saturated heterocycles. The predicted octanol–water partition coefficient (Wildman–Crippen LogP) is 0.267. The third kappa shape index (κ3) is 6.54. The van der Waals surface area contributed by atoms with Crippen LogP contribution in [-0.4, -0.2) is 32.2 Å². The van der Waals surface area contributed by atoms with Crippen molar-refractivity contribution in [3.8, 4) is 0 Å². The van der Waals surface area contributed by atoms with Gasteiger partial charge in [-0.25, -0.2) is 0 Å². The van der Waals surface area contributed by atoms with Gasteiger partial charge >= 0.3 is 0 Å². The lowest BCUT2D eigenvalue weighted by molar-refractivity contribution is -0.122. The zero-order valence-electron chi connectivity index (χ0n) is 8.51. The number of rotatable bonds is 7. The summed E-state index contributed by atoms with van der Waals surface area (Å²) >= 11 is 0. The van der Waals surface area contributed by atoms with Gasteiger partial charge in [0.05, 0.1) is 6.61 Å². The molecule has 4 heteroatoms. The summed E-state index contributed by atoms with van der Waals surface area (Å²) in [6.45, 7) is 3.05. The van der Waals surface area contributed by atoms with E-state index in [0.717, 1.165) is 12.8 Å². The highest BCUT2D eigenvalue weighted by molar-refractivity contribution is 5.76. The summed E-state index contributed by atoms with van der Waals surface area (Å²) < 4.78 is 4.80. The molecule has 0 aromatic heterocycles. The van der Waals surface area contributed by atoms with Gasteiger partial charge in [0.1, 0.15) is 0 Å². The second-order valence-corrected chi connectivity index (χ2v) is 3.03. The molecule has 0 saturated carbocycles. The first-order valence-electron chi connectivity index (χ1n) is 4.73. The number of carbonyl (C=O) groups is 1. The van der Waals surface area contributed by atoms with E-state index in [1.54, 1.807) is 7.11 Å². The molecule has 0 fully saturated rings. The Balaban J connectivity index is 3.60. The molecule has 1 unspecified atom stereocenters. The topological polar surface area (TPSA) is 64.3 Å². The molecule has 13 heavy (non-hydrogen) atoms. The van der Waals surface area contributed by atoms with Crippen molar-refractivity contribution >= 4 is 5.91 Å². The van der Waals surface area contributed by atoms with Crippen molar-refractivity contribution in [2.45, 2.75) is 32.2 Å². The summed E-state index contributed by atoms with van der Waals surface area (Å²) in [6, 6.07) is 0.120. The quantitative estimate of drug-likeness (QED) is 0.602. The molecule has 0 aliphatic carbocycles. The van der Waals surface area contributed by atoms with Crippen LogP contribution in [0.2, 0.25) is 0 Å². The highest BCUT2D eigenvalue weighted by Crippen LogP contribution is 1.95. The maximum atomic E-state index is 11.2. The Morgan fingerprint density at radius 1 is 1.62 bits per heavy atom. The van der Waals surface area contributed by atoms with Crippen LogP contribution in [0.4, 0.5) is 0 Å². The van der Waals surface area contributed by atoms with E-state index in [1.807, 2.05) is 0 Å². The smallest absolute Gasteiger partial charge is 0.222 e. The van der Waals surface area contributed by atoms with Crippen molar-refractivity contribution in [2.75, 3.05) is 20.3 Å². The molecule has 0 aliphatic rings. The summed E-state index contributed by atoms with van der Waals surface area (Å²) in [4.78, 5) is 11.2. The lowest BCUT2D eigenvalue weighted by Gasteiger charge is -2.15. The molecule has 1 atom stereocenters. The summed E-state index contributed by atoms with van der Waals surface area (Å²) in [5.41, 5.74) is 5.49. The molecule has 0 aromatic rings. The van der Waals surface area contributed by atoms with Gasteiger partial charge in [-0.1, -0.05) is 13.3 Å². The van der Waals surface area contributed by atoms with Gasteiger partial charge in [0, 0.05) is 26.1 Å². The zero-order valence-corrected chi connectivity index (χ0v) is 8.51. The lowest BCUT2D eigenvalue weighted by atomic mass is 10.1. The van der Waals surface area contributed by atoms with Crippen LogP contribution < -0.4 is 11.1 Å². The van der Waals surface area contributed by atoms with E-state index in [1.165, 1.54) is 0 Å². The fraction of sp³-hybridized carbons (Fsp3) is 0.889. The van der Waals surface area contributed by atoms with E-state index >= 15 is 0 Å². The molecule has 0 aliphatic heterocycles. The maximum Gasteiger partial charge on any atom is 0.222 e. The summed E-state index contributed by atoms with van der Waals surface area (Å²) in [7, 11) is 1.58. The largest absolute Gasteiger partial charge is 0.384 e. The van der Waals surface area contributed by atoms with Gasteiger partial charge in [-0.15, -0.1) is 0 Å². The molecule has 0 bridgehead atoms. The fourth-order valence-corrected chi connectivity index (χ4v) is 1.09. The first-order valence-corrected chi connectivity index (χ1v) is 4.73. The zero-order chi connectivity index (χ0) is 10.1. The molecule has 0 aromatic carbocycles. The SMILES string of the molecule is CCCC(CN)NC(=O)CCOC. The van der Waals surface area contributed by atoms with Gasteiger partial charge < -0.3 is 15.8 Å². The normalized spacial score (nSPS) is 12.5. The summed E-state index contributed by atoms with van der Waals surface area (Å²) in [5, 5.41) is 2.86. The van der Waals surface area contributed by atoms with Gasteiger partial charge in [-0.05, 0) is 6.42 Å². The molecule has 0 spiro atoms. The molecule has 78 valence electrons. The van der Waals surface area contributed by atoms with E-state index in [0.29, 0.717) is 19.6 Å². The van der Waals surface area contributed by atoms with E-state index in [4.69, 9.17) is 10.5 Å². The first kappa shape index (κ1) is 12.4. The van der Waals surface area contributed by atoms with Crippen molar-refractivity contribution in [2.24, 2.45) is 5.73 Å². The van der Waals surface area contributed by atoms with E-state index in [9.17, 15) is 4.79 Å². The van der Waals surface area contributed by atoms with Crippen molar-refractivity contribution in [3.63, 3.8) is 0 Å². The van der Waals surface area contributed by atoms with E-state index in [-0.39, 0.29) is 11.9 Å². The number of hydrogen-bond donors (Lipinski definition) is 2. The molecule has 1 amide bonds. The van der Waals surface area contributed by atoms with Crippen LogP contribution in [0.25, 0.3) is 0 Å². The minimum absolute atomic E-state index is 0.0192. The van der Waals surface area contributed by atoms with E-state index < -0.39 is 0 Å². The number of carbonyl (C=O) groups excluding carboxylic acids is 1. The monoisotopic (exact) mass is 188 g/mol. The Bertz CT molecular complexity index is 140. The van der Waals surface area contributed by atoms with Crippen LogP contribution in [0.15, 0.2) is 0 Å². The van der Waals surface area contributed by atoms with Crippen LogP contribution in [0, 0.1) is 0 Å². The molecule has 0 radical (unpaired) electrons. The van der Waals surface area contributed by atoms with Crippen LogP contribution in [0.3, 0.4) is 0 Å². The highest BCUT2D eigenvalue weighted by atomic mass is 16.5. The third-order valence-corrected chi connectivity index (χ3v) is 1.82. The lowest BCUT2D eigenvalue weighted by Crippen LogP contribution is -2.40. The van der Waals surface area contributed by atoms with Gasteiger partial charge in [0.2, 0.25) is 5.91 Å². The number of methoxy groups -OCH3 is 1. The van der Waals surface area contributed by atoms with Crippen LogP contribution >= 0.6 is 0 Å². The molecule has 4 nitrogen and oxygen atoms in total. The van der Waals surface area contributed by atoms with Gasteiger partial charge in [-0.3, -0.25) is 4.79 Å². The van der Waals surface area contributed by atoms with E-state index in [2.05, 4.69) is 12.2 Å². The Labute approximate surface area is 79.8 Å². The average molecular weight is 188 g/mol.